The molecule has 5 rings (SSSR count). The first-order chi connectivity index (χ1) is 18.6. The summed E-state index contributed by atoms with van der Waals surface area (Å²) in [4.78, 5) is 37.0. The van der Waals surface area contributed by atoms with E-state index in [9.17, 15) is 9.59 Å². The summed E-state index contributed by atoms with van der Waals surface area (Å²) in [6, 6.07) is 14.9. The Morgan fingerprint density at radius 3 is 2.62 bits per heavy atom. The number of carbonyl (C=O) groups excluding carboxylic acids is 2. The average Bonchev–Trinajstić information content (AvgIpc) is 3.41. The van der Waals surface area contributed by atoms with Gasteiger partial charge in [0.05, 0.1) is 21.8 Å². The second kappa shape index (κ2) is 10.9. The summed E-state index contributed by atoms with van der Waals surface area (Å²) in [5, 5.41) is 5.91. The average molecular weight is 560 g/mol. The zero-order chi connectivity index (χ0) is 27.7. The van der Waals surface area contributed by atoms with Crippen LogP contribution in [0.2, 0.25) is 5.02 Å². The minimum atomic E-state index is -1.04. The number of rotatable bonds is 5. The molecule has 0 bridgehead atoms. The number of fused-ring (bicyclic) bond motifs is 2. The van der Waals surface area contributed by atoms with Gasteiger partial charge in [-0.15, -0.1) is 11.3 Å². The van der Waals surface area contributed by atoms with Gasteiger partial charge < -0.3 is 10.1 Å². The van der Waals surface area contributed by atoms with E-state index in [4.69, 9.17) is 21.3 Å². The van der Waals surface area contributed by atoms with Crippen molar-refractivity contribution >= 4 is 63.2 Å². The van der Waals surface area contributed by atoms with Gasteiger partial charge in [0, 0.05) is 16.5 Å². The van der Waals surface area contributed by atoms with Gasteiger partial charge in [0.15, 0.2) is 6.10 Å². The quantitative estimate of drug-likeness (QED) is 0.254. The molecule has 6 nitrogen and oxygen atoms in total. The summed E-state index contributed by atoms with van der Waals surface area (Å²) in [5.41, 5.74) is 4.02. The predicted octanol–water partition coefficient (Wildman–Crippen LogP) is 7.68. The lowest BCUT2D eigenvalue weighted by Crippen LogP contribution is -2.32. The van der Waals surface area contributed by atoms with Crippen molar-refractivity contribution in [2.24, 2.45) is 11.3 Å². The Morgan fingerprint density at radius 1 is 1.13 bits per heavy atom. The van der Waals surface area contributed by atoms with Crippen LogP contribution in [-0.2, 0) is 16.0 Å². The third-order valence-corrected chi connectivity index (χ3v) is 8.18. The van der Waals surface area contributed by atoms with E-state index in [1.807, 2.05) is 30.3 Å². The predicted molar refractivity (Wildman–Crippen MR) is 158 cm³/mol. The zero-order valence-corrected chi connectivity index (χ0v) is 23.9. The molecular formula is C31H30ClN3O3S. The minimum absolute atomic E-state index is 0.0117. The molecule has 0 saturated heterocycles. The normalized spacial score (nSPS) is 17.1. The summed E-state index contributed by atoms with van der Waals surface area (Å²) in [6.07, 6.45) is 4.14. The summed E-state index contributed by atoms with van der Waals surface area (Å²) in [6.45, 7) is 8.25. The number of hydrogen-bond acceptors (Lipinski definition) is 6. The molecule has 1 aromatic carbocycles. The number of allylic oxidation sites excluding steroid dienone is 1. The number of halogens is 1. The number of carbonyl (C=O) groups is 2. The SMILES string of the molecule is CC(OC(=O)c1c2c(nc3ccccc13)/C(=C/c1cccs1)CC(C(C)(C)C)C2)C(=O)Nc1ccc(Cl)cn1. The van der Waals surface area contributed by atoms with Crippen LogP contribution in [0.1, 0.15) is 60.6 Å². The van der Waals surface area contributed by atoms with E-state index in [0.29, 0.717) is 28.7 Å². The van der Waals surface area contributed by atoms with Crippen LogP contribution < -0.4 is 5.32 Å². The fourth-order valence-corrected chi connectivity index (χ4v) is 5.66. The second-order valence-electron chi connectivity index (χ2n) is 10.9. The van der Waals surface area contributed by atoms with Crippen LogP contribution in [0.3, 0.4) is 0 Å². The van der Waals surface area contributed by atoms with Crippen molar-refractivity contribution in [1.29, 1.82) is 0 Å². The van der Waals surface area contributed by atoms with Crippen molar-refractivity contribution in [3.63, 3.8) is 0 Å². The lowest BCUT2D eigenvalue weighted by atomic mass is 9.69. The smallest absolute Gasteiger partial charge is 0.339 e. The molecule has 3 heterocycles. The van der Waals surface area contributed by atoms with E-state index in [0.717, 1.165) is 39.0 Å². The van der Waals surface area contributed by atoms with E-state index >= 15 is 0 Å². The molecule has 1 aliphatic carbocycles. The number of aromatic nitrogens is 2. The van der Waals surface area contributed by atoms with Crippen molar-refractivity contribution in [3.05, 3.63) is 86.8 Å². The monoisotopic (exact) mass is 559 g/mol. The lowest BCUT2D eigenvalue weighted by molar-refractivity contribution is -0.123. The third-order valence-electron chi connectivity index (χ3n) is 7.13. The van der Waals surface area contributed by atoms with Crippen LogP contribution in [0.5, 0.6) is 0 Å². The highest BCUT2D eigenvalue weighted by Crippen LogP contribution is 2.45. The van der Waals surface area contributed by atoms with Gasteiger partial charge in [0.1, 0.15) is 5.82 Å². The first kappa shape index (κ1) is 27.0. The Hall–Kier alpha value is -3.55. The van der Waals surface area contributed by atoms with E-state index in [-0.39, 0.29) is 5.41 Å². The molecule has 3 aromatic heterocycles. The molecule has 2 atom stereocenters. The highest BCUT2D eigenvalue weighted by Gasteiger charge is 2.36. The molecule has 1 amide bonds. The molecule has 0 saturated carbocycles. The van der Waals surface area contributed by atoms with E-state index in [1.165, 1.54) is 6.20 Å². The maximum Gasteiger partial charge on any atom is 0.339 e. The van der Waals surface area contributed by atoms with Crippen molar-refractivity contribution in [3.8, 4) is 0 Å². The highest BCUT2D eigenvalue weighted by molar-refractivity contribution is 7.10. The number of nitrogens with zero attached hydrogens (tertiary/aromatic N) is 2. The number of esters is 1. The molecule has 1 N–H and O–H groups in total. The number of anilines is 1. The number of ether oxygens (including phenoxy) is 1. The fourth-order valence-electron chi connectivity index (χ4n) is 4.87. The van der Waals surface area contributed by atoms with E-state index in [2.05, 4.69) is 48.6 Å². The molecule has 0 fully saturated rings. The molecule has 4 aromatic rings. The molecule has 200 valence electrons. The van der Waals surface area contributed by atoms with Gasteiger partial charge in [-0.25, -0.2) is 14.8 Å². The van der Waals surface area contributed by atoms with Crippen LogP contribution >= 0.6 is 22.9 Å². The second-order valence-corrected chi connectivity index (χ2v) is 12.3. The minimum Gasteiger partial charge on any atom is -0.449 e. The Labute approximate surface area is 237 Å². The summed E-state index contributed by atoms with van der Waals surface area (Å²) >= 11 is 7.56. The number of benzene rings is 1. The van der Waals surface area contributed by atoms with Crippen molar-refractivity contribution in [2.75, 3.05) is 5.32 Å². The van der Waals surface area contributed by atoms with Gasteiger partial charge in [-0.3, -0.25) is 4.79 Å². The third kappa shape index (κ3) is 5.89. The topological polar surface area (TPSA) is 81.2 Å². The van der Waals surface area contributed by atoms with Gasteiger partial charge in [-0.2, -0.15) is 0 Å². The van der Waals surface area contributed by atoms with Crippen LogP contribution in [-0.4, -0.2) is 27.9 Å². The fraction of sp³-hybridized carbons (Fsp3) is 0.290. The largest absolute Gasteiger partial charge is 0.449 e. The molecule has 0 radical (unpaired) electrons. The van der Waals surface area contributed by atoms with Gasteiger partial charge >= 0.3 is 5.97 Å². The van der Waals surface area contributed by atoms with Crippen molar-refractivity contribution in [1.82, 2.24) is 9.97 Å². The van der Waals surface area contributed by atoms with E-state index < -0.39 is 18.0 Å². The maximum atomic E-state index is 13.8. The maximum absolute atomic E-state index is 13.8. The van der Waals surface area contributed by atoms with Crippen LogP contribution in [0.4, 0.5) is 5.82 Å². The number of amides is 1. The zero-order valence-electron chi connectivity index (χ0n) is 22.3. The standard InChI is InChI=1S/C31H30ClN3O3S/c1-18(29(36)35-26-12-11-21(32)17-33-26)38-30(37)27-23-9-5-6-10-25(23)34-28-19(15-22-8-7-13-39-22)14-20(16-24(27)28)31(2,3)4/h5-13,15,17-18,20H,14,16H2,1-4H3,(H,33,35,36)/b19-15+. The van der Waals surface area contributed by atoms with Gasteiger partial charge in [-0.05, 0) is 78.0 Å². The molecule has 2 unspecified atom stereocenters. The first-order valence-corrected chi connectivity index (χ1v) is 14.2. The number of nitrogens with one attached hydrogen (secondary N) is 1. The Morgan fingerprint density at radius 2 is 1.92 bits per heavy atom. The number of hydrogen-bond donors (Lipinski definition) is 1. The van der Waals surface area contributed by atoms with Gasteiger partial charge in [0.2, 0.25) is 0 Å². The Balaban J connectivity index is 1.55. The first-order valence-electron chi connectivity index (χ1n) is 12.9. The van der Waals surface area contributed by atoms with Crippen LogP contribution in [0, 0.1) is 11.3 Å². The summed E-state index contributed by atoms with van der Waals surface area (Å²) in [7, 11) is 0. The van der Waals surface area contributed by atoms with Crippen molar-refractivity contribution < 1.29 is 14.3 Å². The highest BCUT2D eigenvalue weighted by atomic mass is 35.5. The molecule has 8 heteroatoms. The number of thiophene rings is 1. The van der Waals surface area contributed by atoms with Gasteiger partial charge in [-0.1, -0.05) is 56.6 Å². The molecular weight excluding hydrogens is 530 g/mol. The van der Waals surface area contributed by atoms with Crippen LogP contribution in [0.25, 0.3) is 22.6 Å². The summed E-state index contributed by atoms with van der Waals surface area (Å²) in [5.74, 6) is -0.393. The summed E-state index contributed by atoms with van der Waals surface area (Å²) < 4.78 is 5.78. The van der Waals surface area contributed by atoms with Gasteiger partial charge in [0.25, 0.3) is 5.91 Å². The van der Waals surface area contributed by atoms with E-state index in [1.54, 1.807) is 30.4 Å². The molecule has 0 aliphatic heterocycles. The Kier molecular flexibility index (Phi) is 7.56. The van der Waals surface area contributed by atoms with Crippen LogP contribution in [0.15, 0.2) is 60.1 Å². The lowest BCUT2D eigenvalue weighted by Gasteiger charge is -2.36. The molecule has 39 heavy (non-hydrogen) atoms. The number of pyridine rings is 2. The van der Waals surface area contributed by atoms with Crippen molar-refractivity contribution in [2.45, 2.75) is 46.6 Å². The Bertz CT molecular complexity index is 1560. The molecule has 1 aliphatic rings. The molecule has 0 spiro atoms. The number of para-hydroxylation sites is 1.